The van der Waals surface area contributed by atoms with Crippen LogP contribution in [0.25, 0.3) is 0 Å². The minimum absolute atomic E-state index is 0.0289. The Balaban J connectivity index is 1.71. The topological polar surface area (TPSA) is 71.2 Å². The van der Waals surface area contributed by atoms with Crippen molar-refractivity contribution in [2.24, 2.45) is 0 Å². The highest BCUT2D eigenvalue weighted by atomic mass is 79.9. The molecule has 0 saturated carbocycles. The van der Waals surface area contributed by atoms with E-state index in [4.69, 9.17) is 4.52 Å². The fourth-order valence-corrected chi connectivity index (χ4v) is 2.66. The first-order chi connectivity index (χ1) is 9.20. The maximum Gasteiger partial charge on any atom is 0.243 e. The number of nitrogens with zero attached hydrogens (tertiary/aromatic N) is 2. The van der Waals surface area contributed by atoms with Gasteiger partial charge >= 0.3 is 0 Å². The minimum atomic E-state index is -0.328. The van der Waals surface area contributed by atoms with Gasteiger partial charge in [-0.3, -0.25) is 0 Å². The summed E-state index contributed by atoms with van der Waals surface area (Å²) in [5.74, 6) is 1.22. The van der Waals surface area contributed by atoms with Crippen molar-refractivity contribution >= 4 is 15.9 Å². The van der Waals surface area contributed by atoms with Crippen molar-refractivity contribution in [3.8, 4) is 0 Å². The molecule has 1 aliphatic rings. The summed E-state index contributed by atoms with van der Waals surface area (Å²) in [5, 5.41) is 16.6. The molecule has 1 aromatic heterocycles. The van der Waals surface area contributed by atoms with Crippen LogP contribution in [0.1, 0.15) is 29.7 Å². The molecular formula is C13H14BrN3O2. The fraction of sp³-hybridized carbons (Fsp3) is 0.385. The van der Waals surface area contributed by atoms with Crippen LogP contribution in [0.3, 0.4) is 0 Å². The van der Waals surface area contributed by atoms with Crippen LogP contribution in [0.4, 0.5) is 0 Å². The number of aliphatic hydroxyl groups is 1. The molecule has 100 valence electrons. The van der Waals surface area contributed by atoms with Gasteiger partial charge in [0.2, 0.25) is 5.89 Å². The van der Waals surface area contributed by atoms with Gasteiger partial charge in [-0.1, -0.05) is 33.2 Å². The van der Waals surface area contributed by atoms with Gasteiger partial charge in [-0.2, -0.15) is 4.98 Å². The van der Waals surface area contributed by atoms with E-state index in [0.717, 1.165) is 10.0 Å². The van der Waals surface area contributed by atoms with Gasteiger partial charge in [-0.25, -0.2) is 0 Å². The average Bonchev–Trinajstić information content (AvgIpc) is 2.98. The molecule has 5 nitrogen and oxygen atoms in total. The Labute approximate surface area is 119 Å². The Hall–Kier alpha value is -1.24. The first-order valence-corrected chi connectivity index (χ1v) is 6.98. The van der Waals surface area contributed by atoms with E-state index in [1.807, 2.05) is 24.3 Å². The molecule has 2 atom stereocenters. The van der Waals surface area contributed by atoms with E-state index >= 15 is 0 Å². The minimum Gasteiger partial charge on any atom is -0.392 e. The Morgan fingerprint density at radius 1 is 1.47 bits per heavy atom. The van der Waals surface area contributed by atoms with E-state index in [2.05, 4.69) is 31.4 Å². The van der Waals surface area contributed by atoms with E-state index < -0.39 is 0 Å². The van der Waals surface area contributed by atoms with Gasteiger partial charge in [0.25, 0.3) is 0 Å². The van der Waals surface area contributed by atoms with E-state index in [1.54, 1.807) is 0 Å². The highest BCUT2D eigenvalue weighted by molar-refractivity contribution is 9.10. The summed E-state index contributed by atoms with van der Waals surface area (Å²) >= 11 is 3.44. The number of hydrogen-bond acceptors (Lipinski definition) is 5. The third kappa shape index (κ3) is 3.02. The molecule has 1 fully saturated rings. The quantitative estimate of drug-likeness (QED) is 0.901. The lowest BCUT2D eigenvalue weighted by Crippen LogP contribution is -2.15. The lowest BCUT2D eigenvalue weighted by molar-refractivity contribution is 0.191. The van der Waals surface area contributed by atoms with Crippen LogP contribution in [0.2, 0.25) is 0 Å². The fourth-order valence-electron chi connectivity index (χ4n) is 2.22. The van der Waals surface area contributed by atoms with E-state index in [0.29, 0.717) is 31.1 Å². The second kappa shape index (κ2) is 5.40. The van der Waals surface area contributed by atoms with Crippen LogP contribution in [0, 0.1) is 0 Å². The summed E-state index contributed by atoms with van der Waals surface area (Å²) in [5.41, 5.74) is 1.13. The number of aromatic nitrogens is 2. The maximum atomic E-state index is 9.48. The van der Waals surface area contributed by atoms with Gasteiger partial charge < -0.3 is 14.9 Å². The van der Waals surface area contributed by atoms with Crippen LogP contribution in [0.5, 0.6) is 0 Å². The molecular weight excluding hydrogens is 310 g/mol. The van der Waals surface area contributed by atoms with Crippen LogP contribution >= 0.6 is 15.9 Å². The van der Waals surface area contributed by atoms with Crippen LogP contribution in [0.15, 0.2) is 33.3 Å². The lowest BCUT2D eigenvalue weighted by atomic mass is 10.1. The summed E-state index contributed by atoms with van der Waals surface area (Å²) in [6, 6.07) is 8.00. The molecule has 0 unspecified atom stereocenters. The molecule has 0 amide bonds. The molecule has 3 rings (SSSR count). The number of nitrogens with one attached hydrogen (secondary N) is 1. The molecule has 2 aromatic rings. The molecule has 2 N–H and O–H groups in total. The van der Waals surface area contributed by atoms with Gasteiger partial charge in [0.15, 0.2) is 5.82 Å². The summed E-state index contributed by atoms with van der Waals surface area (Å²) in [6.45, 7) is 0.577. The average molecular weight is 324 g/mol. The Morgan fingerprint density at radius 3 is 3.11 bits per heavy atom. The van der Waals surface area contributed by atoms with Gasteiger partial charge in [-0.05, 0) is 24.1 Å². The first-order valence-electron chi connectivity index (χ1n) is 6.19. The number of rotatable bonds is 3. The zero-order valence-electron chi connectivity index (χ0n) is 10.2. The molecule has 6 heteroatoms. The second-order valence-electron chi connectivity index (χ2n) is 4.71. The third-order valence-corrected chi connectivity index (χ3v) is 3.63. The lowest BCUT2D eigenvalue weighted by Gasteiger charge is -2.01. The van der Waals surface area contributed by atoms with Crippen molar-refractivity contribution < 1.29 is 9.63 Å². The Morgan fingerprint density at radius 2 is 2.37 bits per heavy atom. The van der Waals surface area contributed by atoms with Gasteiger partial charge in [0.1, 0.15) is 0 Å². The van der Waals surface area contributed by atoms with Gasteiger partial charge in [0, 0.05) is 17.4 Å². The Kier molecular flexibility index (Phi) is 3.63. The molecule has 1 aliphatic heterocycles. The largest absolute Gasteiger partial charge is 0.392 e. The standard InChI is InChI=1S/C13H14BrN3O2/c14-9-3-1-2-8(4-9)5-12-16-13(19-17-12)11-6-10(18)7-15-11/h1-4,10-11,15,18H,5-7H2/t10-,11+/m1/s1. The molecule has 0 spiro atoms. The highest BCUT2D eigenvalue weighted by Gasteiger charge is 2.27. The normalized spacial score (nSPS) is 22.8. The SMILES string of the molecule is O[C@H]1CN[C@H](c2nc(Cc3cccc(Br)c3)no2)C1. The number of halogens is 1. The zero-order chi connectivity index (χ0) is 13.2. The smallest absolute Gasteiger partial charge is 0.243 e. The molecule has 0 radical (unpaired) electrons. The van der Waals surface area contributed by atoms with Crippen molar-refractivity contribution in [1.82, 2.24) is 15.5 Å². The molecule has 0 aliphatic carbocycles. The summed E-state index contributed by atoms with van der Waals surface area (Å²) in [6.07, 6.45) is 0.932. The van der Waals surface area contributed by atoms with Crippen molar-refractivity contribution in [3.63, 3.8) is 0 Å². The first kappa shape index (κ1) is 12.8. The summed E-state index contributed by atoms with van der Waals surface area (Å²) in [4.78, 5) is 4.38. The number of benzene rings is 1. The van der Waals surface area contributed by atoms with E-state index in [1.165, 1.54) is 0 Å². The van der Waals surface area contributed by atoms with Gasteiger partial charge in [-0.15, -0.1) is 0 Å². The van der Waals surface area contributed by atoms with Crippen molar-refractivity contribution in [1.29, 1.82) is 0 Å². The van der Waals surface area contributed by atoms with Crippen LogP contribution in [-0.2, 0) is 6.42 Å². The molecule has 0 bridgehead atoms. The molecule has 1 saturated heterocycles. The third-order valence-electron chi connectivity index (χ3n) is 3.14. The monoisotopic (exact) mass is 323 g/mol. The van der Waals surface area contributed by atoms with E-state index in [9.17, 15) is 5.11 Å². The number of β-amino-alcohol motifs (C(OH)–C–C–N with tert-alkyl or cyclic N) is 1. The predicted molar refractivity (Wildman–Crippen MR) is 72.6 cm³/mol. The van der Waals surface area contributed by atoms with Crippen molar-refractivity contribution in [3.05, 3.63) is 46.0 Å². The maximum absolute atomic E-state index is 9.48. The number of aliphatic hydroxyl groups excluding tert-OH is 1. The summed E-state index contributed by atoms with van der Waals surface area (Å²) < 4.78 is 6.29. The van der Waals surface area contributed by atoms with Gasteiger partial charge in [0.05, 0.1) is 12.1 Å². The highest BCUT2D eigenvalue weighted by Crippen LogP contribution is 2.22. The predicted octanol–water partition coefficient (Wildman–Crippen LogP) is 1.82. The van der Waals surface area contributed by atoms with Crippen molar-refractivity contribution in [2.45, 2.75) is 25.0 Å². The number of hydrogen-bond donors (Lipinski definition) is 2. The Bertz CT molecular complexity index is 573. The summed E-state index contributed by atoms with van der Waals surface area (Å²) in [7, 11) is 0. The molecule has 2 heterocycles. The zero-order valence-corrected chi connectivity index (χ0v) is 11.8. The van der Waals surface area contributed by atoms with E-state index in [-0.39, 0.29) is 12.1 Å². The second-order valence-corrected chi connectivity index (χ2v) is 5.62. The van der Waals surface area contributed by atoms with Crippen LogP contribution < -0.4 is 5.32 Å². The molecule has 1 aromatic carbocycles. The molecule has 19 heavy (non-hydrogen) atoms. The van der Waals surface area contributed by atoms with Crippen LogP contribution in [-0.4, -0.2) is 27.9 Å². The van der Waals surface area contributed by atoms with Crippen molar-refractivity contribution in [2.75, 3.05) is 6.54 Å².